The third kappa shape index (κ3) is 5.94. The number of nitrogens with one attached hydrogen (secondary N) is 1. The minimum Gasteiger partial charge on any atom is -0.493 e. The highest BCUT2D eigenvalue weighted by molar-refractivity contribution is 5.99. The molecule has 0 saturated heterocycles. The second-order valence-electron chi connectivity index (χ2n) is 6.03. The molecule has 0 fully saturated rings. The van der Waals surface area contributed by atoms with E-state index < -0.39 is 12.5 Å². The van der Waals surface area contributed by atoms with Gasteiger partial charge in [0.05, 0.1) is 12.8 Å². The lowest BCUT2D eigenvalue weighted by Gasteiger charge is -2.11. The van der Waals surface area contributed by atoms with Crippen LogP contribution in [0, 0.1) is 13.8 Å². The summed E-state index contributed by atoms with van der Waals surface area (Å²) in [6.45, 7) is 2.35. The van der Waals surface area contributed by atoms with Crippen LogP contribution in [0.4, 0.5) is 8.78 Å². The average Bonchev–Trinajstić information content (AvgIpc) is 2.66. The van der Waals surface area contributed by atoms with E-state index in [1.54, 1.807) is 6.92 Å². The first kappa shape index (κ1) is 21.1. The summed E-state index contributed by atoms with van der Waals surface area (Å²) < 4.78 is 39.7. The molecule has 1 amide bonds. The van der Waals surface area contributed by atoms with Gasteiger partial charge in [0.15, 0.2) is 18.1 Å². The normalized spacial score (nSPS) is 11.3. The molecule has 28 heavy (non-hydrogen) atoms. The summed E-state index contributed by atoms with van der Waals surface area (Å²) >= 11 is 0. The number of halogens is 2. The molecule has 0 aliphatic rings. The Kier molecular flexibility index (Phi) is 7.31. The summed E-state index contributed by atoms with van der Waals surface area (Å²) in [5, 5.41) is 4.01. The van der Waals surface area contributed by atoms with Crippen molar-refractivity contribution in [1.29, 1.82) is 0 Å². The zero-order valence-corrected chi connectivity index (χ0v) is 16.1. The number of nitrogens with zero attached hydrogens (tertiary/aromatic N) is 1. The van der Waals surface area contributed by atoms with E-state index in [2.05, 4.69) is 15.3 Å². The Hall–Kier alpha value is -3.16. The molecule has 0 spiro atoms. The van der Waals surface area contributed by atoms with Crippen LogP contribution in [-0.2, 0) is 4.79 Å². The number of benzene rings is 2. The van der Waals surface area contributed by atoms with Gasteiger partial charge in [-0.2, -0.15) is 13.9 Å². The second kappa shape index (κ2) is 9.68. The zero-order chi connectivity index (χ0) is 20.7. The SMILES string of the molecule is COc1cc(/C(C)=N\NC(=O)COc2cc(C)ccc2C)ccc1OC(F)F. The van der Waals surface area contributed by atoms with Crippen molar-refractivity contribution in [3.05, 3.63) is 53.1 Å². The van der Waals surface area contributed by atoms with Crippen LogP contribution >= 0.6 is 0 Å². The third-order valence-corrected chi connectivity index (χ3v) is 3.85. The smallest absolute Gasteiger partial charge is 0.387 e. The lowest BCUT2D eigenvalue weighted by Crippen LogP contribution is -2.25. The first-order valence-corrected chi connectivity index (χ1v) is 8.46. The maximum Gasteiger partial charge on any atom is 0.387 e. The van der Waals surface area contributed by atoms with E-state index in [-0.39, 0.29) is 18.1 Å². The van der Waals surface area contributed by atoms with Gasteiger partial charge >= 0.3 is 6.61 Å². The number of hydrogen-bond acceptors (Lipinski definition) is 5. The zero-order valence-electron chi connectivity index (χ0n) is 16.1. The van der Waals surface area contributed by atoms with Crippen molar-refractivity contribution in [3.63, 3.8) is 0 Å². The van der Waals surface area contributed by atoms with Crippen LogP contribution in [0.5, 0.6) is 17.2 Å². The fraction of sp³-hybridized carbons (Fsp3) is 0.300. The second-order valence-corrected chi connectivity index (χ2v) is 6.03. The minimum absolute atomic E-state index is 0.0833. The molecule has 2 aromatic carbocycles. The average molecular weight is 392 g/mol. The number of methoxy groups -OCH3 is 1. The fourth-order valence-electron chi connectivity index (χ4n) is 2.34. The number of rotatable bonds is 8. The van der Waals surface area contributed by atoms with Crippen LogP contribution < -0.4 is 19.6 Å². The minimum atomic E-state index is -2.95. The predicted molar refractivity (Wildman–Crippen MR) is 101 cm³/mol. The largest absolute Gasteiger partial charge is 0.493 e. The summed E-state index contributed by atoms with van der Waals surface area (Å²) in [4.78, 5) is 12.0. The number of carbonyl (C=O) groups excluding carboxylic acids is 1. The Labute approximate surface area is 162 Å². The van der Waals surface area contributed by atoms with Gasteiger partial charge in [-0.15, -0.1) is 0 Å². The van der Waals surface area contributed by atoms with E-state index >= 15 is 0 Å². The van der Waals surface area contributed by atoms with Gasteiger partial charge < -0.3 is 14.2 Å². The van der Waals surface area contributed by atoms with Crippen molar-refractivity contribution in [1.82, 2.24) is 5.43 Å². The quantitative estimate of drug-likeness (QED) is 0.548. The molecule has 0 radical (unpaired) electrons. The molecule has 0 heterocycles. The standard InChI is InChI=1S/C20H22F2N2O4/c1-12-5-6-13(2)17(9-12)27-11-19(25)24-23-14(3)15-7-8-16(28-20(21)22)18(10-15)26-4/h5-10,20H,11H2,1-4H3,(H,24,25)/b23-14-. The molecule has 2 rings (SSSR count). The van der Waals surface area contributed by atoms with Gasteiger partial charge in [0.2, 0.25) is 0 Å². The number of alkyl halides is 2. The highest BCUT2D eigenvalue weighted by Gasteiger charge is 2.12. The molecule has 0 aromatic heterocycles. The fourth-order valence-corrected chi connectivity index (χ4v) is 2.34. The predicted octanol–water partition coefficient (Wildman–Crippen LogP) is 3.83. The molecule has 0 atom stereocenters. The molecule has 8 heteroatoms. The molecule has 150 valence electrons. The summed E-state index contributed by atoms with van der Waals surface area (Å²) in [5.41, 5.74) is 5.40. The summed E-state index contributed by atoms with van der Waals surface area (Å²) in [6, 6.07) is 10.1. The molecule has 0 aliphatic carbocycles. The molecular formula is C20H22F2N2O4. The molecule has 0 bridgehead atoms. The maximum absolute atomic E-state index is 12.4. The highest BCUT2D eigenvalue weighted by atomic mass is 19.3. The van der Waals surface area contributed by atoms with Crippen LogP contribution in [0.2, 0.25) is 0 Å². The van der Waals surface area contributed by atoms with Crippen molar-refractivity contribution in [3.8, 4) is 17.2 Å². The van der Waals surface area contributed by atoms with Crippen LogP contribution in [0.1, 0.15) is 23.6 Å². The van der Waals surface area contributed by atoms with Gasteiger partial charge in [0, 0.05) is 5.56 Å². The summed E-state index contributed by atoms with van der Waals surface area (Å²) in [7, 11) is 1.34. The lowest BCUT2D eigenvalue weighted by molar-refractivity contribution is -0.123. The molecule has 0 unspecified atom stereocenters. The number of ether oxygens (including phenoxy) is 3. The van der Waals surface area contributed by atoms with Crippen molar-refractivity contribution in [2.24, 2.45) is 5.10 Å². The highest BCUT2D eigenvalue weighted by Crippen LogP contribution is 2.29. The summed E-state index contributed by atoms with van der Waals surface area (Å²) in [5.74, 6) is 0.261. The van der Waals surface area contributed by atoms with Gasteiger partial charge in [-0.3, -0.25) is 4.79 Å². The molecule has 2 aromatic rings. The van der Waals surface area contributed by atoms with E-state index in [1.807, 2.05) is 32.0 Å². The molecule has 6 nitrogen and oxygen atoms in total. The Morgan fingerprint density at radius 2 is 1.86 bits per heavy atom. The Bertz CT molecular complexity index is 869. The van der Waals surface area contributed by atoms with E-state index in [1.165, 1.54) is 25.3 Å². The Morgan fingerprint density at radius 1 is 1.11 bits per heavy atom. The molecule has 0 aliphatic heterocycles. The van der Waals surface area contributed by atoms with Gasteiger partial charge in [-0.25, -0.2) is 5.43 Å². The van der Waals surface area contributed by atoms with E-state index in [0.717, 1.165) is 11.1 Å². The molecule has 0 saturated carbocycles. The van der Waals surface area contributed by atoms with Crippen molar-refractivity contribution in [2.45, 2.75) is 27.4 Å². The van der Waals surface area contributed by atoms with Gasteiger partial charge in [0.25, 0.3) is 5.91 Å². The van der Waals surface area contributed by atoms with Crippen LogP contribution in [-0.4, -0.2) is 31.9 Å². The van der Waals surface area contributed by atoms with E-state index in [0.29, 0.717) is 17.0 Å². The van der Waals surface area contributed by atoms with Crippen molar-refractivity contribution in [2.75, 3.05) is 13.7 Å². The van der Waals surface area contributed by atoms with Gasteiger partial charge in [-0.05, 0) is 56.2 Å². The van der Waals surface area contributed by atoms with Gasteiger partial charge in [-0.1, -0.05) is 12.1 Å². The van der Waals surface area contributed by atoms with Crippen molar-refractivity contribution >= 4 is 11.6 Å². The number of carbonyl (C=O) groups is 1. The Morgan fingerprint density at radius 3 is 2.54 bits per heavy atom. The third-order valence-electron chi connectivity index (χ3n) is 3.85. The number of aryl methyl sites for hydroxylation is 2. The first-order valence-electron chi connectivity index (χ1n) is 8.46. The van der Waals surface area contributed by atoms with Gasteiger partial charge in [0.1, 0.15) is 5.75 Å². The number of amides is 1. The maximum atomic E-state index is 12.4. The lowest BCUT2D eigenvalue weighted by atomic mass is 10.1. The van der Waals surface area contributed by atoms with E-state index in [4.69, 9.17) is 9.47 Å². The van der Waals surface area contributed by atoms with Crippen molar-refractivity contribution < 1.29 is 27.8 Å². The number of hydrogen-bond donors (Lipinski definition) is 1. The number of hydrazone groups is 1. The monoisotopic (exact) mass is 392 g/mol. The van der Waals surface area contributed by atoms with Crippen LogP contribution in [0.15, 0.2) is 41.5 Å². The Balaban J connectivity index is 1.99. The molecule has 1 N–H and O–H groups in total. The van der Waals surface area contributed by atoms with Crippen LogP contribution in [0.3, 0.4) is 0 Å². The van der Waals surface area contributed by atoms with Crippen LogP contribution in [0.25, 0.3) is 0 Å². The molecular weight excluding hydrogens is 370 g/mol. The topological polar surface area (TPSA) is 69.2 Å². The first-order chi connectivity index (χ1) is 13.3. The van der Waals surface area contributed by atoms with E-state index in [9.17, 15) is 13.6 Å². The summed E-state index contributed by atoms with van der Waals surface area (Å²) in [6.07, 6.45) is 0.